The number of fused-ring (bicyclic) bond motifs is 1. The molecular weight excluding hydrogens is 402 g/mol. The van der Waals surface area contributed by atoms with Crippen molar-refractivity contribution in [2.24, 2.45) is 0 Å². The van der Waals surface area contributed by atoms with Crippen molar-refractivity contribution in [2.45, 2.75) is 13.8 Å². The molecule has 8 heteroatoms. The fraction of sp³-hybridized carbons (Fsp3) is 0.136. The third kappa shape index (κ3) is 4.18. The first-order valence-electron chi connectivity index (χ1n) is 9.33. The second kappa shape index (κ2) is 8.38. The molecule has 2 aromatic heterocycles. The number of aryl methyl sites for hydroxylation is 1. The molecule has 0 radical (unpaired) electrons. The zero-order chi connectivity index (χ0) is 21.1. The number of anilines is 1. The summed E-state index contributed by atoms with van der Waals surface area (Å²) in [6.07, 6.45) is 2.99. The van der Waals surface area contributed by atoms with Crippen LogP contribution in [0.4, 0.5) is 5.69 Å². The number of carbonyl (C=O) groups is 1. The van der Waals surface area contributed by atoms with Gasteiger partial charge in [-0.05, 0) is 62.4 Å². The van der Waals surface area contributed by atoms with Crippen molar-refractivity contribution in [3.05, 3.63) is 81.7 Å². The van der Waals surface area contributed by atoms with E-state index in [0.29, 0.717) is 28.8 Å². The fourth-order valence-electron chi connectivity index (χ4n) is 2.86. The van der Waals surface area contributed by atoms with Crippen LogP contribution < -0.4 is 20.3 Å². The van der Waals surface area contributed by atoms with Crippen LogP contribution in [0, 0.1) is 6.92 Å². The summed E-state index contributed by atoms with van der Waals surface area (Å²) in [5, 5.41) is 2.72. The van der Waals surface area contributed by atoms with Crippen molar-refractivity contribution in [3.8, 4) is 17.2 Å². The van der Waals surface area contributed by atoms with E-state index in [1.165, 1.54) is 21.9 Å². The molecule has 4 rings (SSSR count). The van der Waals surface area contributed by atoms with Gasteiger partial charge in [-0.2, -0.15) is 0 Å². The Morgan fingerprint density at radius 1 is 1.07 bits per heavy atom. The molecule has 1 amide bonds. The minimum absolute atomic E-state index is 0.0139. The van der Waals surface area contributed by atoms with Gasteiger partial charge in [0, 0.05) is 23.0 Å². The molecule has 0 saturated heterocycles. The van der Waals surface area contributed by atoms with E-state index in [2.05, 4.69) is 10.3 Å². The van der Waals surface area contributed by atoms with Gasteiger partial charge in [0.25, 0.3) is 11.5 Å². The van der Waals surface area contributed by atoms with Gasteiger partial charge < -0.3 is 14.8 Å². The summed E-state index contributed by atoms with van der Waals surface area (Å²) in [5.41, 5.74) is 0.141. The van der Waals surface area contributed by atoms with E-state index in [1.54, 1.807) is 30.5 Å². The Bertz CT molecular complexity index is 1240. The van der Waals surface area contributed by atoms with Gasteiger partial charge >= 0.3 is 0 Å². The van der Waals surface area contributed by atoms with Gasteiger partial charge in [0.2, 0.25) is 0 Å². The molecule has 2 heterocycles. The normalized spacial score (nSPS) is 10.7. The maximum absolute atomic E-state index is 12.5. The molecule has 0 aliphatic rings. The number of hydrogen-bond donors (Lipinski definition) is 1. The Hall–Kier alpha value is -3.65. The van der Waals surface area contributed by atoms with E-state index in [-0.39, 0.29) is 5.56 Å². The molecule has 7 nitrogen and oxygen atoms in total. The summed E-state index contributed by atoms with van der Waals surface area (Å²) in [4.78, 5) is 30.8. The van der Waals surface area contributed by atoms with Crippen LogP contribution in [0.5, 0.6) is 17.2 Å². The Labute approximate surface area is 176 Å². The predicted molar refractivity (Wildman–Crippen MR) is 116 cm³/mol. The van der Waals surface area contributed by atoms with Crippen molar-refractivity contribution >= 4 is 27.9 Å². The first-order chi connectivity index (χ1) is 14.5. The van der Waals surface area contributed by atoms with Crippen molar-refractivity contribution in [3.63, 3.8) is 0 Å². The lowest BCUT2D eigenvalue weighted by Gasteiger charge is -2.09. The highest BCUT2D eigenvalue weighted by atomic mass is 32.1. The molecule has 2 aromatic carbocycles. The van der Waals surface area contributed by atoms with Crippen LogP contribution in [-0.4, -0.2) is 21.9 Å². The number of carbonyl (C=O) groups excluding carboxylic acids is 1. The molecule has 0 fully saturated rings. The first-order valence-corrected chi connectivity index (χ1v) is 10.1. The van der Waals surface area contributed by atoms with Gasteiger partial charge in [-0.1, -0.05) is 0 Å². The molecule has 0 aliphatic heterocycles. The van der Waals surface area contributed by atoms with Gasteiger partial charge in [-0.15, -0.1) is 11.3 Å². The van der Waals surface area contributed by atoms with Crippen LogP contribution in [0.3, 0.4) is 0 Å². The Morgan fingerprint density at radius 2 is 1.70 bits per heavy atom. The average Bonchev–Trinajstić information content (AvgIpc) is 3.13. The van der Waals surface area contributed by atoms with Gasteiger partial charge in [0.05, 0.1) is 6.61 Å². The molecular formula is C22H19N3O4S. The number of rotatable bonds is 6. The van der Waals surface area contributed by atoms with Crippen molar-refractivity contribution < 1.29 is 14.3 Å². The van der Waals surface area contributed by atoms with Crippen molar-refractivity contribution in [1.82, 2.24) is 9.38 Å². The number of thiazole rings is 1. The van der Waals surface area contributed by atoms with Gasteiger partial charge in [-0.25, -0.2) is 4.98 Å². The van der Waals surface area contributed by atoms with Crippen LogP contribution in [0.1, 0.15) is 22.2 Å². The second-order valence-electron chi connectivity index (χ2n) is 6.46. The highest BCUT2D eigenvalue weighted by Gasteiger charge is 2.15. The number of benzene rings is 2. The number of aromatic nitrogens is 2. The molecule has 0 aliphatic carbocycles. The number of nitrogens with zero attached hydrogens (tertiary/aromatic N) is 2. The smallest absolute Gasteiger partial charge is 0.271 e. The molecule has 0 unspecified atom stereocenters. The minimum Gasteiger partial charge on any atom is -0.494 e. The van der Waals surface area contributed by atoms with Gasteiger partial charge in [0.1, 0.15) is 22.8 Å². The molecule has 4 aromatic rings. The Morgan fingerprint density at radius 3 is 2.37 bits per heavy atom. The average molecular weight is 421 g/mol. The van der Waals surface area contributed by atoms with E-state index < -0.39 is 11.5 Å². The fourth-order valence-corrected chi connectivity index (χ4v) is 3.65. The molecule has 0 spiro atoms. The number of amides is 1. The molecule has 152 valence electrons. The van der Waals surface area contributed by atoms with E-state index in [4.69, 9.17) is 9.47 Å². The lowest BCUT2D eigenvalue weighted by atomic mass is 10.2. The molecule has 0 atom stereocenters. The summed E-state index contributed by atoms with van der Waals surface area (Å²) >= 11 is 1.40. The van der Waals surface area contributed by atoms with E-state index in [0.717, 1.165) is 10.6 Å². The summed E-state index contributed by atoms with van der Waals surface area (Å²) in [6.45, 7) is 4.42. The monoisotopic (exact) mass is 421 g/mol. The summed E-state index contributed by atoms with van der Waals surface area (Å²) in [6, 6.07) is 14.2. The second-order valence-corrected chi connectivity index (χ2v) is 7.67. The van der Waals surface area contributed by atoms with Crippen molar-refractivity contribution in [1.29, 1.82) is 0 Å². The number of ether oxygens (including phenoxy) is 2. The van der Waals surface area contributed by atoms with Crippen LogP contribution in [0.15, 0.2) is 65.7 Å². The third-order valence-electron chi connectivity index (χ3n) is 4.25. The lowest BCUT2D eigenvalue weighted by molar-refractivity contribution is 0.102. The highest BCUT2D eigenvalue weighted by Crippen LogP contribution is 2.25. The van der Waals surface area contributed by atoms with E-state index in [1.807, 2.05) is 38.1 Å². The lowest BCUT2D eigenvalue weighted by Crippen LogP contribution is -2.25. The number of nitrogens with one attached hydrogen (secondary N) is 1. The van der Waals surface area contributed by atoms with Crippen LogP contribution in [0.2, 0.25) is 0 Å². The zero-order valence-corrected chi connectivity index (χ0v) is 17.2. The Kier molecular flexibility index (Phi) is 5.49. The summed E-state index contributed by atoms with van der Waals surface area (Å²) < 4.78 is 12.6. The van der Waals surface area contributed by atoms with Gasteiger partial charge in [-0.3, -0.25) is 14.0 Å². The third-order valence-corrected chi connectivity index (χ3v) is 5.16. The van der Waals surface area contributed by atoms with E-state index >= 15 is 0 Å². The van der Waals surface area contributed by atoms with Crippen molar-refractivity contribution in [2.75, 3.05) is 11.9 Å². The molecule has 0 saturated carbocycles. The zero-order valence-electron chi connectivity index (χ0n) is 16.4. The van der Waals surface area contributed by atoms with Crippen LogP contribution in [0.25, 0.3) is 4.96 Å². The van der Waals surface area contributed by atoms with Crippen LogP contribution >= 0.6 is 11.3 Å². The summed E-state index contributed by atoms with van der Waals surface area (Å²) in [5.74, 6) is 1.57. The van der Waals surface area contributed by atoms with Gasteiger partial charge in [0.15, 0.2) is 4.96 Å². The maximum Gasteiger partial charge on any atom is 0.271 e. The van der Waals surface area contributed by atoms with Crippen LogP contribution in [-0.2, 0) is 0 Å². The highest BCUT2D eigenvalue weighted by molar-refractivity contribution is 7.16. The Balaban J connectivity index is 1.45. The largest absolute Gasteiger partial charge is 0.494 e. The minimum atomic E-state index is -0.508. The quantitative estimate of drug-likeness (QED) is 0.495. The predicted octanol–water partition coefficient (Wildman–Crippen LogP) is 4.51. The summed E-state index contributed by atoms with van der Waals surface area (Å²) in [7, 11) is 0. The topological polar surface area (TPSA) is 81.9 Å². The molecule has 30 heavy (non-hydrogen) atoms. The SMILES string of the molecule is CCOc1ccc(Oc2ccc(NC(=O)c3cnc4sc(C)cn4c3=O)cc2)cc1. The first kappa shape index (κ1) is 19.7. The molecule has 1 N–H and O–H groups in total. The standard InChI is InChI=1S/C22H19N3O4S/c1-3-28-16-8-10-18(11-9-16)29-17-6-4-15(5-7-17)24-20(26)19-12-23-22-25(21(19)27)13-14(2)30-22/h4-13H,3H2,1-2H3,(H,24,26). The maximum atomic E-state index is 12.5. The number of hydrogen-bond acceptors (Lipinski definition) is 6. The molecule has 0 bridgehead atoms. The van der Waals surface area contributed by atoms with E-state index in [9.17, 15) is 9.59 Å².